The molecular formula is C13H16ClN3O2. The van der Waals surface area contributed by atoms with Crippen LogP contribution >= 0.6 is 11.6 Å². The first-order valence-electron chi connectivity index (χ1n) is 6.00. The number of nitrogens with zero attached hydrogens (tertiary/aromatic N) is 2. The van der Waals surface area contributed by atoms with Crippen LogP contribution in [0.15, 0.2) is 22.7 Å². The fourth-order valence-electron chi connectivity index (χ4n) is 1.60. The van der Waals surface area contributed by atoms with Crippen molar-refractivity contribution in [3.63, 3.8) is 0 Å². The number of nitrogens with one attached hydrogen (secondary N) is 1. The molecule has 0 aliphatic rings. The van der Waals surface area contributed by atoms with E-state index in [9.17, 15) is 0 Å². The molecule has 2 aromatic rings. The van der Waals surface area contributed by atoms with Crippen molar-refractivity contribution in [2.45, 2.75) is 26.3 Å². The lowest BCUT2D eigenvalue weighted by atomic mass is 10.2. The Balaban J connectivity index is 2.07. The van der Waals surface area contributed by atoms with E-state index < -0.39 is 0 Å². The molecule has 0 unspecified atom stereocenters. The Hall–Kier alpha value is -1.75. The predicted octanol–water partition coefficient (Wildman–Crippen LogP) is 3.47. The van der Waals surface area contributed by atoms with Crippen molar-refractivity contribution in [2.24, 2.45) is 0 Å². The summed E-state index contributed by atoms with van der Waals surface area (Å²) in [6.45, 7) is 4.52. The minimum Gasteiger partial charge on any atom is -0.496 e. The highest BCUT2D eigenvalue weighted by Gasteiger charge is 2.10. The zero-order valence-corrected chi connectivity index (χ0v) is 11.9. The Morgan fingerprint density at radius 2 is 2.21 bits per heavy atom. The molecule has 0 aliphatic heterocycles. The molecule has 2 rings (SSSR count). The number of halogens is 1. The van der Waals surface area contributed by atoms with Crippen LogP contribution in [-0.2, 0) is 6.54 Å². The minimum atomic E-state index is 0.236. The third kappa shape index (κ3) is 3.38. The molecule has 102 valence electrons. The van der Waals surface area contributed by atoms with Crippen molar-refractivity contribution < 1.29 is 9.26 Å². The van der Waals surface area contributed by atoms with E-state index >= 15 is 0 Å². The van der Waals surface area contributed by atoms with Crippen LogP contribution in [0.5, 0.6) is 5.75 Å². The van der Waals surface area contributed by atoms with Crippen molar-refractivity contribution in [3.05, 3.63) is 34.6 Å². The number of benzene rings is 1. The number of methoxy groups -OCH3 is 1. The lowest BCUT2D eigenvalue weighted by molar-refractivity contribution is 0.408. The Morgan fingerprint density at radius 3 is 2.84 bits per heavy atom. The second kappa shape index (κ2) is 5.93. The van der Waals surface area contributed by atoms with Crippen LogP contribution in [0, 0.1) is 0 Å². The SMILES string of the molecule is COc1ccc(Cl)cc1CNc1nc(C(C)C)no1. The average Bonchev–Trinajstić information content (AvgIpc) is 2.85. The lowest BCUT2D eigenvalue weighted by Gasteiger charge is -2.08. The molecule has 1 aromatic carbocycles. The molecule has 0 radical (unpaired) electrons. The molecule has 0 bridgehead atoms. The van der Waals surface area contributed by atoms with Gasteiger partial charge in [-0.1, -0.05) is 30.6 Å². The molecule has 6 heteroatoms. The molecule has 0 aliphatic carbocycles. The minimum absolute atomic E-state index is 0.236. The first-order chi connectivity index (χ1) is 9.10. The molecule has 5 nitrogen and oxygen atoms in total. The first kappa shape index (κ1) is 13.7. The topological polar surface area (TPSA) is 60.2 Å². The van der Waals surface area contributed by atoms with Crippen LogP contribution < -0.4 is 10.1 Å². The second-order valence-corrected chi connectivity index (χ2v) is 4.86. The smallest absolute Gasteiger partial charge is 0.321 e. The summed E-state index contributed by atoms with van der Waals surface area (Å²) in [5.41, 5.74) is 0.930. The van der Waals surface area contributed by atoms with E-state index in [0.29, 0.717) is 23.4 Å². The third-order valence-electron chi connectivity index (χ3n) is 2.63. The van der Waals surface area contributed by atoms with E-state index in [1.165, 1.54) is 0 Å². The van der Waals surface area contributed by atoms with Gasteiger partial charge in [-0.15, -0.1) is 0 Å². The summed E-state index contributed by atoms with van der Waals surface area (Å²) in [7, 11) is 1.62. The number of ether oxygens (including phenoxy) is 1. The van der Waals surface area contributed by atoms with Crippen LogP contribution in [0.1, 0.15) is 31.2 Å². The standard InChI is InChI=1S/C13H16ClN3O2/c1-8(2)12-16-13(19-17-12)15-7-9-6-10(14)4-5-11(9)18-3/h4-6,8H,7H2,1-3H3,(H,15,16,17). The van der Waals surface area contributed by atoms with Crippen molar-refractivity contribution in [2.75, 3.05) is 12.4 Å². The van der Waals surface area contributed by atoms with Gasteiger partial charge in [0.1, 0.15) is 5.75 Å². The van der Waals surface area contributed by atoms with Gasteiger partial charge >= 0.3 is 6.01 Å². The lowest BCUT2D eigenvalue weighted by Crippen LogP contribution is -2.02. The quantitative estimate of drug-likeness (QED) is 0.909. The Bertz CT molecular complexity index is 555. The maximum Gasteiger partial charge on any atom is 0.321 e. The van der Waals surface area contributed by atoms with Crippen LogP contribution in [0.25, 0.3) is 0 Å². The Kier molecular flexibility index (Phi) is 4.27. The zero-order valence-electron chi connectivity index (χ0n) is 11.1. The van der Waals surface area contributed by atoms with Crippen molar-refractivity contribution >= 4 is 17.6 Å². The fraction of sp³-hybridized carbons (Fsp3) is 0.385. The van der Waals surface area contributed by atoms with E-state index in [2.05, 4.69) is 15.5 Å². The second-order valence-electron chi connectivity index (χ2n) is 4.42. The van der Waals surface area contributed by atoms with Gasteiger partial charge in [0.2, 0.25) is 0 Å². The van der Waals surface area contributed by atoms with E-state index in [-0.39, 0.29) is 5.92 Å². The predicted molar refractivity (Wildman–Crippen MR) is 73.7 cm³/mol. The molecule has 0 saturated heterocycles. The molecule has 0 fully saturated rings. The van der Waals surface area contributed by atoms with Crippen molar-refractivity contribution in [3.8, 4) is 5.75 Å². The summed E-state index contributed by atoms with van der Waals surface area (Å²) in [6.07, 6.45) is 0. The van der Waals surface area contributed by atoms with E-state index in [1.807, 2.05) is 26.0 Å². The van der Waals surface area contributed by atoms with Gasteiger partial charge in [0, 0.05) is 23.0 Å². The highest BCUT2D eigenvalue weighted by atomic mass is 35.5. The van der Waals surface area contributed by atoms with Gasteiger partial charge < -0.3 is 14.6 Å². The van der Waals surface area contributed by atoms with Gasteiger partial charge in [-0.3, -0.25) is 0 Å². The van der Waals surface area contributed by atoms with Gasteiger partial charge in [-0.25, -0.2) is 0 Å². The van der Waals surface area contributed by atoms with Crippen LogP contribution in [0.4, 0.5) is 6.01 Å². The molecule has 19 heavy (non-hydrogen) atoms. The average molecular weight is 282 g/mol. The van der Waals surface area contributed by atoms with Crippen LogP contribution in [0.2, 0.25) is 5.02 Å². The summed E-state index contributed by atoms with van der Waals surface area (Å²) in [5.74, 6) is 1.68. The van der Waals surface area contributed by atoms with E-state index in [4.69, 9.17) is 20.9 Å². The third-order valence-corrected chi connectivity index (χ3v) is 2.87. The fourth-order valence-corrected chi connectivity index (χ4v) is 1.79. The highest BCUT2D eigenvalue weighted by molar-refractivity contribution is 6.30. The first-order valence-corrected chi connectivity index (χ1v) is 6.38. The number of aromatic nitrogens is 2. The van der Waals surface area contributed by atoms with Crippen molar-refractivity contribution in [1.29, 1.82) is 0 Å². The van der Waals surface area contributed by atoms with Gasteiger partial charge in [0.15, 0.2) is 5.82 Å². The number of rotatable bonds is 5. The highest BCUT2D eigenvalue weighted by Crippen LogP contribution is 2.23. The summed E-state index contributed by atoms with van der Waals surface area (Å²) in [4.78, 5) is 4.24. The van der Waals surface area contributed by atoms with E-state index in [0.717, 1.165) is 11.3 Å². The normalized spacial score (nSPS) is 10.8. The molecular weight excluding hydrogens is 266 g/mol. The summed E-state index contributed by atoms with van der Waals surface area (Å²) in [5, 5.41) is 7.60. The summed E-state index contributed by atoms with van der Waals surface area (Å²) < 4.78 is 10.4. The molecule has 0 atom stereocenters. The van der Waals surface area contributed by atoms with Crippen LogP contribution in [-0.4, -0.2) is 17.3 Å². The number of anilines is 1. The summed E-state index contributed by atoms with van der Waals surface area (Å²) >= 11 is 5.97. The molecule has 0 saturated carbocycles. The Morgan fingerprint density at radius 1 is 1.42 bits per heavy atom. The monoisotopic (exact) mass is 281 g/mol. The van der Waals surface area contributed by atoms with E-state index in [1.54, 1.807) is 13.2 Å². The van der Waals surface area contributed by atoms with Crippen LogP contribution in [0.3, 0.4) is 0 Å². The van der Waals surface area contributed by atoms with Gasteiger partial charge in [0.05, 0.1) is 7.11 Å². The van der Waals surface area contributed by atoms with Gasteiger partial charge in [0.25, 0.3) is 0 Å². The maximum atomic E-state index is 5.97. The molecule has 0 spiro atoms. The van der Waals surface area contributed by atoms with Crippen molar-refractivity contribution in [1.82, 2.24) is 10.1 Å². The number of hydrogen-bond acceptors (Lipinski definition) is 5. The summed E-state index contributed by atoms with van der Waals surface area (Å²) in [6, 6.07) is 5.85. The Labute approximate surface area is 116 Å². The molecule has 1 N–H and O–H groups in total. The zero-order chi connectivity index (χ0) is 13.8. The van der Waals surface area contributed by atoms with Gasteiger partial charge in [-0.2, -0.15) is 4.98 Å². The number of hydrogen-bond donors (Lipinski definition) is 1. The molecule has 1 aromatic heterocycles. The molecule has 0 amide bonds. The largest absolute Gasteiger partial charge is 0.496 e. The maximum absolute atomic E-state index is 5.97. The van der Waals surface area contributed by atoms with Gasteiger partial charge in [-0.05, 0) is 18.2 Å². The molecule has 1 heterocycles.